The minimum absolute atomic E-state index is 0. The van der Waals surface area contributed by atoms with E-state index in [4.69, 9.17) is 0 Å². The first kappa shape index (κ1) is 16.3. The minimum Gasteiger partial charge on any atom is -0.342 e. The number of hydrogen-bond acceptors (Lipinski definition) is 2. The summed E-state index contributed by atoms with van der Waals surface area (Å²) in [6.45, 7) is 2.87. The molecule has 1 saturated heterocycles. The summed E-state index contributed by atoms with van der Waals surface area (Å²) in [5.74, 6) is 0.991. The van der Waals surface area contributed by atoms with E-state index in [1.54, 1.807) is 0 Å². The molecule has 1 heterocycles. The molecule has 4 heteroatoms. The van der Waals surface area contributed by atoms with Gasteiger partial charge in [0, 0.05) is 13.1 Å². The maximum absolute atomic E-state index is 13.0. The first-order valence-corrected chi connectivity index (χ1v) is 7.76. The van der Waals surface area contributed by atoms with Crippen LogP contribution in [0, 0.1) is 5.92 Å². The highest BCUT2D eigenvalue weighted by Gasteiger charge is 2.48. The van der Waals surface area contributed by atoms with Crippen LogP contribution >= 0.6 is 12.4 Å². The van der Waals surface area contributed by atoms with E-state index >= 15 is 0 Å². The molecule has 3 nitrogen and oxygen atoms in total. The Labute approximate surface area is 133 Å². The predicted octanol–water partition coefficient (Wildman–Crippen LogP) is 2.60. The lowest BCUT2D eigenvalue weighted by Gasteiger charge is -2.43. The van der Waals surface area contributed by atoms with Gasteiger partial charge in [0.2, 0.25) is 5.91 Å². The van der Waals surface area contributed by atoms with Crippen molar-refractivity contribution in [2.75, 3.05) is 26.7 Å². The summed E-state index contributed by atoms with van der Waals surface area (Å²) in [6, 6.07) is 10.4. The first-order valence-electron chi connectivity index (χ1n) is 7.76. The van der Waals surface area contributed by atoms with Gasteiger partial charge < -0.3 is 10.2 Å². The number of carbonyl (C=O) groups excluding carboxylic acids is 1. The van der Waals surface area contributed by atoms with Crippen LogP contribution < -0.4 is 5.32 Å². The van der Waals surface area contributed by atoms with Crippen LogP contribution in [-0.2, 0) is 10.2 Å². The van der Waals surface area contributed by atoms with Crippen LogP contribution in [-0.4, -0.2) is 37.5 Å². The Morgan fingerprint density at radius 3 is 2.62 bits per heavy atom. The summed E-state index contributed by atoms with van der Waals surface area (Å²) in [4.78, 5) is 15.1. The van der Waals surface area contributed by atoms with Gasteiger partial charge in [0.1, 0.15) is 0 Å². The lowest BCUT2D eigenvalue weighted by atomic mass is 9.63. The predicted molar refractivity (Wildman–Crippen MR) is 87.8 cm³/mol. The smallest absolute Gasteiger partial charge is 0.233 e. The zero-order valence-corrected chi connectivity index (χ0v) is 13.5. The molecule has 0 aromatic heterocycles. The SMILES string of the molecule is CNCC1CCN(C(=O)C2(c3ccccc3)CCC2)C1.Cl. The number of likely N-dealkylation sites (tertiary alicyclic amines) is 1. The van der Waals surface area contributed by atoms with E-state index in [0.29, 0.717) is 11.8 Å². The Kier molecular flexibility index (Phi) is 5.28. The first-order chi connectivity index (χ1) is 9.76. The molecule has 3 rings (SSSR count). The molecular formula is C17H25ClN2O. The topological polar surface area (TPSA) is 32.3 Å². The molecule has 116 valence electrons. The zero-order chi connectivity index (χ0) is 14.0. The van der Waals surface area contributed by atoms with Crippen molar-refractivity contribution in [1.82, 2.24) is 10.2 Å². The van der Waals surface area contributed by atoms with Crippen molar-refractivity contribution in [3.63, 3.8) is 0 Å². The number of hydrogen-bond donors (Lipinski definition) is 1. The van der Waals surface area contributed by atoms with Crippen molar-refractivity contribution in [3.05, 3.63) is 35.9 Å². The molecule has 1 aromatic carbocycles. The molecule has 1 aromatic rings. The van der Waals surface area contributed by atoms with Gasteiger partial charge in [-0.1, -0.05) is 36.8 Å². The quantitative estimate of drug-likeness (QED) is 0.927. The number of amides is 1. The van der Waals surface area contributed by atoms with Crippen molar-refractivity contribution in [2.45, 2.75) is 31.1 Å². The molecular weight excluding hydrogens is 284 g/mol. The van der Waals surface area contributed by atoms with Crippen molar-refractivity contribution in [3.8, 4) is 0 Å². The fraction of sp³-hybridized carbons (Fsp3) is 0.588. The second-order valence-corrected chi connectivity index (χ2v) is 6.27. The zero-order valence-electron chi connectivity index (χ0n) is 12.7. The summed E-state index contributed by atoms with van der Waals surface area (Å²) < 4.78 is 0. The Balaban J connectivity index is 0.00000161. The molecule has 0 radical (unpaired) electrons. The number of nitrogens with one attached hydrogen (secondary N) is 1. The summed E-state index contributed by atoms with van der Waals surface area (Å²) in [6.07, 6.45) is 4.35. The second-order valence-electron chi connectivity index (χ2n) is 6.27. The molecule has 2 aliphatic rings. The highest BCUT2D eigenvalue weighted by molar-refractivity contribution is 5.89. The van der Waals surface area contributed by atoms with Crippen molar-refractivity contribution in [1.29, 1.82) is 0 Å². The number of nitrogens with zero attached hydrogens (tertiary/aromatic N) is 1. The maximum atomic E-state index is 13.0. The van der Waals surface area contributed by atoms with Crippen LogP contribution in [0.3, 0.4) is 0 Å². The van der Waals surface area contributed by atoms with Crippen LogP contribution in [0.5, 0.6) is 0 Å². The van der Waals surface area contributed by atoms with E-state index in [2.05, 4.69) is 34.5 Å². The summed E-state index contributed by atoms with van der Waals surface area (Å²) in [7, 11) is 1.99. The molecule has 1 amide bonds. The highest BCUT2D eigenvalue weighted by atomic mass is 35.5. The van der Waals surface area contributed by atoms with E-state index in [-0.39, 0.29) is 17.8 Å². The lowest BCUT2D eigenvalue weighted by Crippen LogP contribution is -2.50. The fourth-order valence-electron chi connectivity index (χ4n) is 3.69. The third-order valence-corrected chi connectivity index (χ3v) is 5.01. The minimum atomic E-state index is -0.213. The molecule has 1 aliphatic carbocycles. The summed E-state index contributed by atoms with van der Waals surface area (Å²) >= 11 is 0. The van der Waals surface area contributed by atoms with Crippen molar-refractivity contribution < 1.29 is 4.79 Å². The Morgan fingerprint density at radius 2 is 2.05 bits per heavy atom. The Morgan fingerprint density at radius 1 is 1.33 bits per heavy atom. The number of halogens is 1. The molecule has 2 fully saturated rings. The van der Waals surface area contributed by atoms with Gasteiger partial charge in [0.05, 0.1) is 5.41 Å². The summed E-state index contributed by atoms with van der Waals surface area (Å²) in [5, 5.41) is 3.23. The van der Waals surface area contributed by atoms with Crippen LogP contribution in [0.25, 0.3) is 0 Å². The Hall–Kier alpha value is -1.06. The van der Waals surface area contributed by atoms with Gasteiger partial charge >= 0.3 is 0 Å². The van der Waals surface area contributed by atoms with Gasteiger partial charge in [-0.2, -0.15) is 0 Å². The normalized spacial score (nSPS) is 23.3. The van der Waals surface area contributed by atoms with Crippen LogP contribution in [0.4, 0.5) is 0 Å². The Bertz CT molecular complexity index is 473. The van der Waals surface area contributed by atoms with Gasteiger partial charge in [-0.15, -0.1) is 12.4 Å². The van der Waals surface area contributed by atoms with E-state index in [9.17, 15) is 4.79 Å². The third kappa shape index (κ3) is 2.95. The average molecular weight is 309 g/mol. The molecule has 1 atom stereocenters. The largest absolute Gasteiger partial charge is 0.342 e. The third-order valence-electron chi connectivity index (χ3n) is 5.01. The number of benzene rings is 1. The van der Waals surface area contributed by atoms with Gasteiger partial charge in [0.25, 0.3) is 0 Å². The van der Waals surface area contributed by atoms with Gasteiger partial charge in [-0.3, -0.25) is 4.79 Å². The lowest BCUT2D eigenvalue weighted by molar-refractivity contribution is -0.140. The van der Waals surface area contributed by atoms with E-state index < -0.39 is 0 Å². The second kappa shape index (κ2) is 6.80. The maximum Gasteiger partial charge on any atom is 0.233 e. The van der Waals surface area contributed by atoms with Crippen LogP contribution in [0.2, 0.25) is 0 Å². The molecule has 1 unspecified atom stereocenters. The average Bonchev–Trinajstić information content (AvgIpc) is 2.88. The summed E-state index contributed by atoms with van der Waals surface area (Å²) in [5.41, 5.74) is 1.00. The molecule has 0 bridgehead atoms. The van der Waals surface area contributed by atoms with Crippen molar-refractivity contribution in [2.24, 2.45) is 5.92 Å². The van der Waals surface area contributed by atoms with Gasteiger partial charge in [-0.05, 0) is 44.3 Å². The fourth-order valence-corrected chi connectivity index (χ4v) is 3.69. The van der Waals surface area contributed by atoms with Crippen LogP contribution in [0.15, 0.2) is 30.3 Å². The van der Waals surface area contributed by atoms with E-state index in [1.165, 1.54) is 12.0 Å². The van der Waals surface area contributed by atoms with Gasteiger partial charge in [-0.25, -0.2) is 0 Å². The standard InChI is InChI=1S/C17H24N2O.ClH/c1-18-12-14-8-11-19(13-14)16(20)17(9-5-10-17)15-6-3-2-4-7-15;/h2-4,6-7,14,18H,5,8-13H2,1H3;1H. The molecule has 0 spiro atoms. The van der Waals surface area contributed by atoms with Crippen molar-refractivity contribution >= 4 is 18.3 Å². The van der Waals surface area contributed by atoms with Gasteiger partial charge in [0.15, 0.2) is 0 Å². The van der Waals surface area contributed by atoms with E-state index in [0.717, 1.165) is 38.9 Å². The van der Waals surface area contributed by atoms with Crippen LogP contribution in [0.1, 0.15) is 31.2 Å². The van der Waals surface area contributed by atoms with E-state index in [1.807, 2.05) is 13.1 Å². The number of rotatable bonds is 4. The molecule has 1 saturated carbocycles. The highest BCUT2D eigenvalue weighted by Crippen LogP contribution is 2.45. The molecule has 1 N–H and O–H groups in total. The monoisotopic (exact) mass is 308 g/mol. The molecule has 21 heavy (non-hydrogen) atoms. The number of carbonyl (C=O) groups is 1. The molecule has 1 aliphatic heterocycles.